The van der Waals surface area contributed by atoms with Crippen LogP contribution in [-0.4, -0.2) is 40.2 Å². The van der Waals surface area contributed by atoms with E-state index < -0.39 is 5.97 Å². The van der Waals surface area contributed by atoms with Gasteiger partial charge in [0.1, 0.15) is 17.2 Å². The zero-order chi connectivity index (χ0) is 24.2. The quantitative estimate of drug-likeness (QED) is 0.287. The van der Waals surface area contributed by atoms with Crippen LogP contribution >= 0.6 is 0 Å². The smallest absolute Gasteiger partial charge is 0.343 e. The van der Waals surface area contributed by atoms with Crippen molar-refractivity contribution in [1.29, 1.82) is 0 Å². The van der Waals surface area contributed by atoms with Gasteiger partial charge in [0, 0.05) is 6.07 Å². The fraction of sp³-hybridized carbons (Fsp3) is 0.154. The third-order valence-corrected chi connectivity index (χ3v) is 5.16. The normalized spacial score (nSPS) is 13.2. The van der Waals surface area contributed by atoms with E-state index >= 15 is 0 Å². The van der Waals surface area contributed by atoms with Crippen molar-refractivity contribution in [1.82, 2.24) is 0 Å². The molecule has 1 heterocycles. The molecule has 8 nitrogen and oxygen atoms in total. The van der Waals surface area contributed by atoms with Gasteiger partial charge in [-0.3, -0.25) is 4.79 Å². The van der Waals surface area contributed by atoms with Gasteiger partial charge in [-0.25, -0.2) is 4.79 Å². The maximum atomic E-state index is 12.8. The van der Waals surface area contributed by atoms with Crippen LogP contribution in [0, 0.1) is 0 Å². The molecule has 3 aromatic carbocycles. The average molecular weight is 462 g/mol. The maximum absolute atomic E-state index is 12.8. The summed E-state index contributed by atoms with van der Waals surface area (Å²) in [5, 5.41) is 0. The van der Waals surface area contributed by atoms with E-state index in [0.29, 0.717) is 45.4 Å². The van der Waals surface area contributed by atoms with Crippen LogP contribution in [0.25, 0.3) is 6.08 Å². The lowest BCUT2D eigenvalue weighted by atomic mass is 10.1. The lowest BCUT2D eigenvalue weighted by Crippen LogP contribution is -2.08. The first-order valence-corrected chi connectivity index (χ1v) is 10.2. The monoisotopic (exact) mass is 462 g/mol. The topological polar surface area (TPSA) is 89.5 Å². The number of ketones is 1. The number of carbonyl (C=O) groups is 2. The molecule has 0 aliphatic carbocycles. The van der Waals surface area contributed by atoms with E-state index in [1.54, 1.807) is 61.7 Å². The molecule has 0 spiro atoms. The average Bonchev–Trinajstić information content (AvgIpc) is 3.17. The first kappa shape index (κ1) is 22.7. The standard InChI is InChI=1S/C26H22O8/c1-29-17-7-5-16(6-8-17)26(28)33-18-9-10-19-20(14-18)34-21(24(19)27)11-15-12-22(30-2)25(32-4)23(13-15)31-3/h5-14H,1-4H3. The summed E-state index contributed by atoms with van der Waals surface area (Å²) < 4.78 is 32.3. The molecule has 8 heteroatoms. The van der Waals surface area contributed by atoms with Crippen LogP contribution in [0.1, 0.15) is 26.3 Å². The Kier molecular flexibility index (Phi) is 6.40. The Morgan fingerprint density at radius 1 is 0.794 bits per heavy atom. The van der Waals surface area contributed by atoms with Crippen molar-refractivity contribution in [2.24, 2.45) is 0 Å². The number of hydrogen-bond acceptors (Lipinski definition) is 8. The molecular weight excluding hydrogens is 440 g/mol. The number of rotatable bonds is 7. The second-order valence-corrected chi connectivity index (χ2v) is 7.17. The Labute approximate surface area is 196 Å². The predicted octanol–water partition coefficient (Wildman–Crippen LogP) is 4.56. The highest BCUT2D eigenvalue weighted by atomic mass is 16.5. The summed E-state index contributed by atoms with van der Waals surface area (Å²) in [6.45, 7) is 0. The fourth-order valence-electron chi connectivity index (χ4n) is 3.46. The van der Waals surface area contributed by atoms with E-state index in [-0.39, 0.29) is 17.3 Å². The minimum absolute atomic E-state index is 0.114. The van der Waals surface area contributed by atoms with Crippen LogP contribution in [0.15, 0.2) is 60.4 Å². The highest BCUT2D eigenvalue weighted by molar-refractivity contribution is 6.14. The molecule has 0 atom stereocenters. The zero-order valence-corrected chi connectivity index (χ0v) is 19.0. The molecular formula is C26H22O8. The molecule has 0 amide bonds. The molecule has 0 aromatic heterocycles. The van der Waals surface area contributed by atoms with E-state index in [1.165, 1.54) is 27.4 Å². The number of esters is 1. The van der Waals surface area contributed by atoms with Gasteiger partial charge in [0.2, 0.25) is 11.5 Å². The van der Waals surface area contributed by atoms with Gasteiger partial charge in [-0.05, 0) is 60.2 Å². The molecule has 4 rings (SSSR count). The van der Waals surface area contributed by atoms with Crippen LogP contribution in [0.3, 0.4) is 0 Å². The van der Waals surface area contributed by atoms with Crippen molar-refractivity contribution in [2.45, 2.75) is 0 Å². The molecule has 0 saturated heterocycles. The van der Waals surface area contributed by atoms with Gasteiger partial charge in [0.15, 0.2) is 17.3 Å². The summed E-state index contributed by atoms with van der Waals surface area (Å²) in [5.41, 5.74) is 1.35. The van der Waals surface area contributed by atoms with Crippen molar-refractivity contribution >= 4 is 17.8 Å². The Bertz CT molecular complexity index is 1250. The molecule has 34 heavy (non-hydrogen) atoms. The molecule has 0 unspecified atom stereocenters. The number of hydrogen-bond donors (Lipinski definition) is 0. The Balaban J connectivity index is 1.56. The Morgan fingerprint density at radius 3 is 2.03 bits per heavy atom. The summed E-state index contributed by atoms with van der Waals surface area (Å²) in [6, 6.07) is 14.6. The second-order valence-electron chi connectivity index (χ2n) is 7.17. The lowest BCUT2D eigenvalue weighted by molar-refractivity contribution is 0.0734. The molecule has 174 valence electrons. The van der Waals surface area contributed by atoms with E-state index in [1.807, 2.05) is 0 Å². The van der Waals surface area contributed by atoms with Crippen LogP contribution in [0.5, 0.6) is 34.5 Å². The summed E-state index contributed by atoms with van der Waals surface area (Å²) in [4.78, 5) is 25.3. The van der Waals surface area contributed by atoms with Crippen LogP contribution in [0.2, 0.25) is 0 Å². The van der Waals surface area contributed by atoms with Gasteiger partial charge in [0.25, 0.3) is 0 Å². The van der Waals surface area contributed by atoms with E-state index in [2.05, 4.69) is 0 Å². The second kappa shape index (κ2) is 9.58. The maximum Gasteiger partial charge on any atom is 0.343 e. The largest absolute Gasteiger partial charge is 0.497 e. The number of benzene rings is 3. The highest BCUT2D eigenvalue weighted by Crippen LogP contribution is 2.40. The van der Waals surface area contributed by atoms with Gasteiger partial charge in [-0.2, -0.15) is 0 Å². The fourth-order valence-corrected chi connectivity index (χ4v) is 3.46. The van der Waals surface area contributed by atoms with Crippen molar-refractivity contribution in [2.75, 3.05) is 28.4 Å². The number of methoxy groups -OCH3 is 4. The molecule has 1 aliphatic rings. The van der Waals surface area contributed by atoms with Gasteiger partial charge in [-0.1, -0.05) is 0 Å². The van der Waals surface area contributed by atoms with Gasteiger partial charge in [0.05, 0.1) is 39.6 Å². The third kappa shape index (κ3) is 4.38. The molecule has 0 N–H and O–H groups in total. The first-order chi connectivity index (χ1) is 16.5. The molecule has 0 fully saturated rings. The minimum atomic E-state index is -0.542. The van der Waals surface area contributed by atoms with Gasteiger partial charge >= 0.3 is 5.97 Å². The number of allylic oxidation sites excluding steroid dienone is 1. The Hall–Kier alpha value is -4.46. The number of Topliss-reactive ketones (excluding diaryl/α,β-unsaturated/α-hetero) is 1. The minimum Gasteiger partial charge on any atom is -0.497 e. The molecule has 0 bridgehead atoms. The summed E-state index contributed by atoms with van der Waals surface area (Å²) in [7, 11) is 6.08. The van der Waals surface area contributed by atoms with E-state index in [4.69, 9.17) is 28.4 Å². The van der Waals surface area contributed by atoms with Crippen LogP contribution in [-0.2, 0) is 0 Å². The van der Waals surface area contributed by atoms with Crippen molar-refractivity contribution in [3.63, 3.8) is 0 Å². The van der Waals surface area contributed by atoms with Crippen molar-refractivity contribution in [3.05, 3.63) is 77.0 Å². The zero-order valence-electron chi connectivity index (χ0n) is 19.0. The summed E-state index contributed by atoms with van der Waals surface area (Å²) >= 11 is 0. The molecule has 0 saturated carbocycles. The van der Waals surface area contributed by atoms with E-state index in [0.717, 1.165) is 0 Å². The van der Waals surface area contributed by atoms with Gasteiger partial charge < -0.3 is 28.4 Å². The van der Waals surface area contributed by atoms with Crippen molar-refractivity contribution in [3.8, 4) is 34.5 Å². The van der Waals surface area contributed by atoms with E-state index in [9.17, 15) is 9.59 Å². The van der Waals surface area contributed by atoms with Gasteiger partial charge in [-0.15, -0.1) is 0 Å². The van der Waals surface area contributed by atoms with Crippen LogP contribution in [0.4, 0.5) is 0 Å². The molecule has 0 radical (unpaired) electrons. The van der Waals surface area contributed by atoms with Crippen LogP contribution < -0.4 is 28.4 Å². The first-order valence-electron chi connectivity index (χ1n) is 10.2. The highest BCUT2D eigenvalue weighted by Gasteiger charge is 2.28. The predicted molar refractivity (Wildman–Crippen MR) is 123 cm³/mol. The number of ether oxygens (including phenoxy) is 6. The SMILES string of the molecule is COc1ccc(C(=O)Oc2ccc3c(c2)OC(=Cc2cc(OC)c(OC)c(OC)c2)C3=O)cc1. The Morgan fingerprint density at radius 2 is 1.44 bits per heavy atom. The molecule has 3 aromatic rings. The number of carbonyl (C=O) groups excluding carboxylic acids is 2. The third-order valence-electron chi connectivity index (χ3n) is 5.16. The molecule has 1 aliphatic heterocycles. The lowest BCUT2D eigenvalue weighted by Gasteiger charge is -2.13. The summed E-state index contributed by atoms with van der Waals surface area (Å²) in [6.07, 6.45) is 1.58. The summed E-state index contributed by atoms with van der Waals surface area (Å²) in [5.74, 6) is 1.79. The number of fused-ring (bicyclic) bond motifs is 1. The van der Waals surface area contributed by atoms with Crippen molar-refractivity contribution < 1.29 is 38.0 Å².